The van der Waals surface area contributed by atoms with E-state index in [0.717, 1.165) is 33.3 Å². The number of hydrogen-bond donors (Lipinski definition) is 0. The van der Waals surface area contributed by atoms with E-state index in [0.29, 0.717) is 5.95 Å². The molecule has 3 aromatic heterocycles. The van der Waals surface area contributed by atoms with Gasteiger partial charge in [0, 0.05) is 43.6 Å². The summed E-state index contributed by atoms with van der Waals surface area (Å²) in [5.41, 5.74) is 13.7. The second-order valence-corrected chi connectivity index (χ2v) is 15.4. The van der Waals surface area contributed by atoms with Crippen LogP contribution in [0.4, 0.5) is 0 Å². The molecule has 55 heavy (non-hydrogen) atoms. The van der Waals surface area contributed by atoms with Crippen LogP contribution in [0.1, 0.15) is 25.0 Å². The third-order valence-corrected chi connectivity index (χ3v) is 12.1. The van der Waals surface area contributed by atoms with Crippen LogP contribution in [0.5, 0.6) is 0 Å². The molecule has 0 atom stereocenters. The highest BCUT2D eigenvalue weighted by Crippen LogP contribution is 2.50. The Bertz CT molecular complexity index is 3400. The molecule has 12 rings (SSSR count). The van der Waals surface area contributed by atoms with Crippen molar-refractivity contribution in [2.45, 2.75) is 19.3 Å². The molecule has 0 N–H and O–H groups in total. The van der Waals surface area contributed by atoms with Crippen molar-refractivity contribution >= 4 is 65.3 Å². The van der Waals surface area contributed by atoms with E-state index in [1.807, 2.05) is 0 Å². The molecule has 0 amide bonds. The fourth-order valence-corrected chi connectivity index (χ4v) is 9.64. The third kappa shape index (κ3) is 4.17. The maximum Gasteiger partial charge on any atom is 0.235 e. The van der Waals surface area contributed by atoms with E-state index in [9.17, 15) is 0 Å². The molecule has 8 aromatic carbocycles. The molecule has 3 heterocycles. The summed E-state index contributed by atoms with van der Waals surface area (Å²) in [6.07, 6.45) is 0. The zero-order valence-electron chi connectivity index (χ0n) is 30.5. The van der Waals surface area contributed by atoms with Crippen molar-refractivity contribution in [3.8, 4) is 34.0 Å². The van der Waals surface area contributed by atoms with Crippen molar-refractivity contribution in [3.63, 3.8) is 0 Å². The molecule has 1 aliphatic carbocycles. The Morgan fingerprint density at radius 3 is 1.78 bits per heavy atom. The molecule has 0 aliphatic heterocycles. The Balaban J connectivity index is 1.07. The summed E-state index contributed by atoms with van der Waals surface area (Å²) in [7, 11) is 0. The third-order valence-electron chi connectivity index (χ3n) is 12.1. The first-order valence-electron chi connectivity index (χ1n) is 19.0. The predicted molar refractivity (Wildman–Crippen MR) is 229 cm³/mol. The van der Waals surface area contributed by atoms with Gasteiger partial charge in [0.25, 0.3) is 0 Å². The second-order valence-electron chi connectivity index (χ2n) is 15.4. The minimum Gasteiger partial charge on any atom is -0.309 e. The largest absolute Gasteiger partial charge is 0.309 e. The predicted octanol–water partition coefficient (Wildman–Crippen LogP) is 13.0. The van der Waals surface area contributed by atoms with Crippen LogP contribution < -0.4 is 0 Å². The number of hydrogen-bond acceptors (Lipinski definition) is 2. The van der Waals surface area contributed by atoms with Gasteiger partial charge in [0.15, 0.2) is 0 Å². The fourth-order valence-electron chi connectivity index (χ4n) is 9.64. The van der Waals surface area contributed by atoms with Crippen molar-refractivity contribution in [2.75, 3.05) is 0 Å². The lowest BCUT2D eigenvalue weighted by molar-refractivity contribution is 0.650. The maximum atomic E-state index is 5.51. The molecule has 0 spiro atoms. The van der Waals surface area contributed by atoms with Crippen LogP contribution in [0.3, 0.4) is 0 Å². The molecule has 0 fully saturated rings. The fraction of sp³-hybridized carbons (Fsp3) is 0.0588. The molecule has 0 radical (unpaired) electrons. The number of nitrogens with zero attached hydrogens (tertiary/aromatic N) is 4. The van der Waals surface area contributed by atoms with Crippen molar-refractivity contribution in [2.24, 2.45) is 0 Å². The van der Waals surface area contributed by atoms with E-state index >= 15 is 0 Å². The van der Waals surface area contributed by atoms with Crippen LogP contribution in [0, 0.1) is 0 Å². The molecule has 1 aliphatic rings. The highest BCUT2D eigenvalue weighted by Gasteiger charge is 2.36. The first kappa shape index (κ1) is 30.4. The molecule has 4 nitrogen and oxygen atoms in total. The zero-order valence-corrected chi connectivity index (χ0v) is 30.5. The average molecular weight is 703 g/mol. The smallest absolute Gasteiger partial charge is 0.235 e. The second kappa shape index (κ2) is 11.0. The summed E-state index contributed by atoms with van der Waals surface area (Å²) in [6.45, 7) is 4.68. The average Bonchev–Trinajstić information content (AvgIpc) is 3.75. The molecular weight excluding hydrogens is 669 g/mol. The highest BCUT2D eigenvalue weighted by atomic mass is 15.2. The van der Waals surface area contributed by atoms with Crippen molar-refractivity contribution < 1.29 is 0 Å². The lowest BCUT2D eigenvalue weighted by atomic mass is 9.68. The first-order chi connectivity index (χ1) is 27.0. The summed E-state index contributed by atoms with van der Waals surface area (Å²) < 4.78 is 4.63. The van der Waals surface area contributed by atoms with Crippen LogP contribution >= 0.6 is 0 Å². The topological polar surface area (TPSA) is 35.6 Å². The highest BCUT2D eigenvalue weighted by molar-refractivity contribution is 6.13. The van der Waals surface area contributed by atoms with Crippen LogP contribution in [0.15, 0.2) is 170 Å². The quantitative estimate of drug-likeness (QED) is 0.184. The van der Waals surface area contributed by atoms with E-state index in [1.165, 1.54) is 71.2 Å². The van der Waals surface area contributed by atoms with Gasteiger partial charge in [0.05, 0.1) is 33.3 Å². The van der Waals surface area contributed by atoms with Crippen LogP contribution in [0.2, 0.25) is 0 Å². The minimum atomic E-state index is -0.212. The Hall–Kier alpha value is -7.04. The van der Waals surface area contributed by atoms with Gasteiger partial charge in [0.1, 0.15) is 0 Å². The number of fused-ring (bicyclic) bond motifs is 10. The van der Waals surface area contributed by atoms with E-state index < -0.39 is 0 Å². The Kier molecular flexibility index (Phi) is 6.09. The number of rotatable bonds is 3. The maximum absolute atomic E-state index is 5.51. The standard InChI is InChI=1S/C51H34N4/c1-51(2)41-19-12-20-42-47(41)49(38-26-23-31-13-6-7-16-35(31)48(38)51)53-50(52-42)55-44-22-11-9-18-37(44)40-30-33(25-28-46(40)55)32-24-27-45-39(29-32)36-17-8-10-21-43(36)54(45)34-14-4-3-5-15-34/h3-30H,1-2H3. The van der Waals surface area contributed by atoms with Gasteiger partial charge in [-0.3, -0.25) is 4.57 Å². The lowest BCUT2D eigenvalue weighted by Crippen LogP contribution is -2.25. The number of aromatic nitrogens is 4. The Labute approximate surface area is 317 Å². The van der Waals surface area contributed by atoms with Crippen molar-refractivity contribution in [1.82, 2.24) is 19.1 Å². The van der Waals surface area contributed by atoms with E-state index in [2.05, 4.69) is 193 Å². The van der Waals surface area contributed by atoms with E-state index in [4.69, 9.17) is 9.97 Å². The van der Waals surface area contributed by atoms with Gasteiger partial charge in [-0.25, -0.2) is 9.97 Å². The van der Waals surface area contributed by atoms with Gasteiger partial charge in [-0.2, -0.15) is 0 Å². The summed E-state index contributed by atoms with van der Waals surface area (Å²) in [5.74, 6) is 0.688. The Morgan fingerprint density at radius 1 is 0.455 bits per heavy atom. The van der Waals surface area contributed by atoms with Gasteiger partial charge in [-0.05, 0) is 87.6 Å². The summed E-state index contributed by atoms with van der Waals surface area (Å²) >= 11 is 0. The minimum absolute atomic E-state index is 0.212. The molecular formula is C51H34N4. The first-order valence-corrected chi connectivity index (χ1v) is 19.0. The normalized spacial score (nSPS) is 13.4. The summed E-state index contributed by atoms with van der Waals surface area (Å²) in [4.78, 5) is 10.9. The molecule has 11 aromatic rings. The monoisotopic (exact) mass is 702 g/mol. The van der Waals surface area contributed by atoms with Crippen LogP contribution in [-0.2, 0) is 5.41 Å². The number of benzene rings is 8. The van der Waals surface area contributed by atoms with Gasteiger partial charge < -0.3 is 4.57 Å². The van der Waals surface area contributed by atoms with E-state index in [1.54, 1.807) is 0 Å². The van der Waals surface area contributed by atoms with Gasteiger partial charge in [-0.1, -0.05) is 129 Å². The number of para-hydroxylation sites is 3. The Morgan fingerprint density at radius 2 is 1.05 bits per heavy atom. The van der Waals surface area contributed by atoms with Crippen molar-refractivity contribution in [3.05, 3.63) is 181 Å². The molecule has 4 heteroatoms. The van der Waals surface area contributed by atoms with Crippen LogP contribution in [-0.4, -0.2) is 19.1 Å². The van der Waals surface area contributed by atoms with Crippen molar-refractivity contribution in [1.29, 1.82) is 0 Å². The summed E-state index contributed by atoms with van der Waals surface area (Å²) in [6, 6.07) is 61.6. The van der Waals surface area contributed by atoms with Gasteiger partial charge in [-0.15, -0.1) is 0 Å². The lowest BCUT2D eigenvalue weighted by Gasteiger charge is -2.35. The SMILES string of the molecule is CC1(C)c2c(ccc3ccccc23)-c2nc(-n3c4ccccc4c4cc(-c5ccc6c(c5)c5ccccc5n6-c5ccccc5)ccc43)nc3cccc1c23. The van der Waals surface area contributed by atoms with Gasteiger partial charge >= 0.3 is 0 Å². The molecule has 0 bridgehead atoms. The molecule has 258 valence electrons. The zero-order chi connectivity index (χ0) is 36.4. The van der Waals surface area contributed by atoms with Crippen LogP contribution in [0.25, 0.3) is 99.3 Å². The summed E-state index contributed by atoms with van der Waals surface area (Å²) in [5, 5.41) is 8.52. The molecule has 0 saturated heterocycles. The van der Waals surface area contributed by atoms with E-state index in [-0.39, 0.29) is 5.41 Å². The van der Waals surface area contributed by atoms with Gasteiger partial charge in [0.2, 0.25) is 5.95 Å². The molecule has 0 unspecified atom stereocenters. The molecule has 0 saturated carbocycles.